The zero-order chi connectivity index (χ0) is 26.5. The zero-order valence-electron chi connectivity index (χ0n) is 20.4. The summed E-state index contributed by atoms with van der Waals surface area (Å²) in [4.78, 5) is 19.3. The number of carbonyl (C=O) groups is 1. The van der Waals surface area contributed by atoms with Gasteiger partial charge in [-0.2, -0.15) is 4.73 Å². The quantitative estimate of drug-likeness (QED) is 0.316. The van der Waals surface area contributed by atoms with Crippen molar-refractivity contribution in [2.45, 2.75) is 56.5 Å². The molecule has 1 aromatic carbocycles. The third-order valence-corrected chi connectivity index (χ3v) is 7.71. The Hall–Kier alpha value is -3.47. The monoisotopic (exact) mass is 517 g/mol. The molecule has 11 heteroatoms. The Labute approximate surface area is 211 Å². The van der Waals surface area contributed by atoms with E-state index >= 15 is 8.78 Å². The summed E-state index contributed by atoms with van der Waals surface area (Å²) in [5.41, 5.74) is -0.777. The molecule has 4 heterocycles. The normalized spacial score (nSPS) is 24.0. The van der Waals surface area contributed by atoms with Crippen LogP contribution >= 0.6 is 0 Å². The van der Waals surface area contributed by atoms with Crippen LogP contribution in [0.4, 0.5) is 23.4 Å². The molecule has 1 N–H and O–H groups in total. The number of anilines is 1. The highest BCUT2D eigenvalue weighted by Crippen LogP contribution is 2.45. The number of halogens is 4. The maximum absolute atomic E-state index is 15.1. The summed E-state index contributed by atoms with van der Waals surface area (Å²) >= 11 is 0. The smallest absolute Gasteiger partial charge is 0.259 e. The topological polar surface area (TPSA) is 77.1 Å². The number of hydrogen-bond acceptors (Lipinski definition) is 4. The molecule has 1 saturated heterocycles. The number of rotatable bonds is 5. The van der Waals surface area contributed by atoms with Gasteiger partial charge in [-0.1, -0.05) is 0 Å². The molecule has 0 bridgehead atoms. The number of nitrogens with one attached hydrogen (secondary N) is 1. The Morgan fingerprint density at radius 3 is 2.57 bits per heavy atom. The van der Waals surface area contributed by atoms with Gasteiger partial charge in [-0.05, 0) is 43.5 Å². The highest BCUT2D eigenvalue weighted by Gasteiger charge is 2.55. The number of aromatic nitrogens is 3. The molecule has 196 valence electrons. The molecule has 2 aliphatic heterocycles. The van der Waals surface area contributed by atoms with Crippen LogP contribution in [-0.4, -0.2) is 45.4 Å². The number of piperidine rings is 1. The fourth-order valence-corrected chi connectivity index (χ4v) is 5.42. The number of benzene rings is 1. The highest BCUT2D eigenvalue weighted by atomic mass is 19.3. The number of nitrogens with zero attached hydrogens (tertiary/aromatic N) is 4. The van der Waals surface area contributed by atoms with Gasteiger partial charge in [-0.3, -0.25) is 9.69 Å². The first kappa shape index (κ1) is 25.2. The number of carbonyl (C=O) groups excluding carboxylic acids is 1. The maximum atomic E-state index is 15.1. The van der Waals surface area contributed by atoms with Crippen LogP contribution in [0.5, 0.6) is 0 Å². The summed E-state index contributed by atoms with van der Waals surface area (Å²) in [7, 11) is 0. The van der Waals surface area contributed by atoms with E-state index in [2.05, 4.69) is 10.3 Å². The Morgan fingerprint density at radius 2 is 1.89 bits per heavy atom. The summed E-state index contributed by atoms with van der Waals surface area (Å²) < 4.78 is 60.0. The first-order valence-electron chi connectivity index (χ1n) is 12.1. The van der Waals surface area contributed by atoms with Gasteiger partial charge in [0.1, 0.15) is 17.5 Å². The Kier molecular flexibility index (Phi) is 6.21. The van der Waals surface area contributed by atoms with Gasteiger partial charge in [0.05, 0.1) is 17.5 Å². The SMILES string of the molecule is C[C@@H](C(=O)Nc1cn2c(n1)CC[C@@H]2c1cc(F)cc(F)c1)N1CCC(F)(F)[C@](C)(c2cc[n+]([O-])cc2)C1. The van der Waals surface area contributed by atoms with E-state index in [9.17, 15) is 18.8 Å². The van der Waals surface area contributed by atoms with Crippen LogP contribution in [0.2, 0.25) is 0 Å². The average molecular weight is 518 g/mol. The number of hydrogen-bond donors (Lipinski definition) is 1. The third-order valence-electron chi connectivity index (χ3n) is 7.71. The fourth-order valence-electron chi connectivity index (χ4n) is 5.42. The molecular weight excluding hydrogens is 490 g/mol. The predicted molar refractivity (Wildman–Crippen MR) is 127 cm³/mol. The highest BCUT2D eigenvalue weighted by molar-refractivity contribution is 5.93. The van der Waals surface area contributed by atoms with Gasteiger partial charge >= 0.3 is 0 Å². The first-order chi connectivity index (χ1) is 17.5. The Balaban J connectivity index is 1.31. The van der Waals surface area contributed by atoms with Crippen molar-refractivity contribution in [3.05, 3.63) is 82.7 Å². The molecule has 0 unspecified atom stereocenters. The van der Waals surface area contributed by atoms with Gasteiger partial charge in [-0.15, -0.1) is 0 Å². The van der Waals surface area contributed by atoms with E-state index in [-0.39, 0.29) is 19.1 Å². The van der Waals surface area contributed by atoms with E-state index in [1.165, 1.54) is 43.6 Å². The third kappa shape index (κ3) is 4.56. The second kappa shape index (κ2) is 9.13. The maximum Gasteiger partial charge on any atom is 0.259 e. The minimum Gasteiger partial charge on any atom is -0.619 e. The van der Waals surface area contributed by atoms with Gasteiger partial charge in [0.25, 0.3) is 5.92 Å². The zero-order valence-corrected chi connectivity index (χ0v) is 20.4. The van der Waals surface area contributed by atoms with Gasteiger partial charge in [-0.25, -0.2) is 22.5 Å². The van der Waals surface area contributed by atoms with Crippen molar-refractivity contribution in [2.75, 3.05) is 18.4 Å². The molecule has 3 aromatic rings. The fraction of sp³-hybridized carbons (Fsp3) is 0.423. The van der Waals surface area contributed by atoms with Gasteiger partial charge in [0, 0.05) is 50.3 Å². The molecule has 0 aliphatic carbocycles. The number of fused-ring (bicyclic) bond motifs is 1. The van der Waals surface area contributed by atoms with Gasteiger partial charge in [0.15, 0.2) is 18.2 Å². The Morgan fingerprint density at radius 1 is 1.22 bits per heavy atom. The van der Waals surface area contributed by atoms with Gasteiger partial charge < -0.3 is 15.1 Å². The van der Waals surface area contributed by atoms with E-state index in [4.69, 9.17) is 0 Å². The van der Waals surface area contributed by atoms with Crippen LogP contribution in [0.25, 0.3) is 0 Å². The molecule has 0 spiro atoms. The summed E-state index contributed by atoms with van der Waals surface area (Å²) in [5, 5.41) is 14.2. The van der Waals surface area contributed by atoms with E-state index in [1.54, 1.807) is 22.6 Å². The lowest BCUT2D eigenvalue weighted by molar-refractivity contribution is -0.605. The molecule has 3 atom stereocenters. The van der Waals surface area contributed by atoms with Crippen molar-refractivity contribution in [3.63, 3.8) is 0 Å². The van der Waals surface area contributed by atoms with E-state index in [1.807, 2.05) is 0 Å². The van der Waals surface area contributed by atoms with Crippen LogP contribution in [0.1, 0.15) is 49.7 Å². The van der Waals surface area contributed by atoms with Crippen LogP contribution in [0, 0.1) is 16.8 Å². The molecule has 7 nitrogen and oxygen atoms in total. The molecule has 2 aliphatic rings. The lowest BCUT2D eigenvalue weighted by atomic mass is 9.72. The lowest BCUT2D eigenvalue weighted by Gasteiger charge is -2.47. The summed E-state index contributed by atoms with van der Waals surface area (Å²) in [6.07, 6.45) is 4.79. The van der Waals surface area contributed by atoms with E-state index < -0.39 is 41.3 Å². The lowest BCUT2D eigenvalue weighted by Crippen LogP contribution is -2.60. The van der Waals surface area contributed by atoms with Crippen molar-refractivity contribution in [3.8, 4) is 0 Å². The molecule has 2 aromatic heterocycles. The van der Waals surface area contributed by atoms with Crippen LogP contribution < -0.4 is 10.0 Å². The molecular formula is C26H27F4N5O2. The molecule has 0 radical (unpaired) electrons. The van der Waals surface area contributed by atoms with E-state index in [0.29, 0.717) is 40.3 Å². The minimum atomic E-state index is -3.02. The number of pyridine rings is 1. The second-order valence-corrected chi connectivity index (χ2v) is 10.1. The first-order valence-corrected chi connectivity index (χ1v) is 12.1. The van der Waals surface area contributed by atoms with Crippen LogP contribution in [0.3, 0.4) is 0 Å². The van der Waals surface area contributed by atoms with E-state index in [0.717, 1.165) is 6.07 Å². The standard InChI is InChI=1S/C26H27F4N5O2/c1-16(33-10-7-26(29,30)25(2,15-33)18-5-8-34(37)9-6-18)24(36)32-22-14-35-21(3-4-23(35)31-22)17-11-19(27)13-20(28)12-17/h5-6,8-9,11-14,16,21H,3-4,7,10,15H2,1-2H3,(H,32,36)/t16-,21+,25-/m0/s1. The van der Waals surface area contributed by atoms with Crippen molar-refractivity contribution in [1.82, 2.24) is 14.5 Å². The average Bonchev–Trinajstić information content (AvgIpc) is 3.40. The van der Waals surface area contributed by atoms with Crippen LogP contribution in [-0.2, 0) is 16.6 Å². The van der Waals surface area contributed by atoms with Crippen LogP contribution in [0.15, 0.2) is 48.9 Å². The van der Waals surface area contributed by atoms with Crippen molar-refractivity contribution >= 4 is 11.7 Å². The molecule has 5 rings (SSSR count). The van der Waals surface area contributed by atoms with Gasteiger partial charge in [0.2, 0.25) is 5.91 Å². The largest absolute Gasteiger partial charge is 0.619 e. The number of aryl methyl sites for hydroxylation is 1. The number of likely N-dealkylation sites (tertiary alicyclic amines) is 1. The summed E-state index contributed by atoms with van der Waals surface area (Å²) in [6.45, 7) is 3.05. The number of imidazole rings is 1. The summed E-state index contributed by atoms with van der Waals surface area (Å²) in [5.74, 6) is -3.77. The number of alkyl halides is 2. The number of amides is 1. The second-order valence-electron chi connectivity index (χ2n) is 10.1. The Bertz CT molecular complexity index is 1310. The molecule has 37 heavy (non-hydrogen) atoms. The van der Waals surface area contributed by atoms with Crippen molar-refractivity contribution in [2.24, 2.45) is 0 Å². The van der Waals surface area contributed by atoms with Crippen molar-refractivity contribution in [1.29, 1.82) is 0 Å². The minimum absolute atomic E-state index is 0.0263. The predicted octanol–water partition coefficient (Wildman–Crippen LogP) is 3.96. The molecule has 1 fully saturated rings. The van der Waals surface area contributed by atoms with Crippen molar-refractivity contribution < 1.29 is 27.1 Å². The molecule has 0 saturated carbocycles. The molecule has 1 amide bonds. The summed E-state index contributed by atoms with van der Waals surface area (Å²) in [6, 6.07) is 5.14.